The molecule has 1 saturated heterocycles. The Labute approximate surface area is 130 Å². The number of fused-ring (bicyclic) bond motifs is 1. The number of hydrogen-bond acceptors (Lipinski definition) is 4. The standard InChI is InChI=1S/C16H24N4S/c1-16(2,3)17-12-13-15(19-8-10-21-11-9-19)18-14-6-4-5-7-20(13)14/h4-7,17H,8-12H2,1-3H3. The molecule has 1 fully saturated rings. The van der Waals surface area contributed by atoms with Crippen molar-refractivity contribution < 1.29 is 0 Å². The summed E-state index contributed by atoms with van der Waals surface area (Å²) >= 11 is 2.03. The van der Waals surface area contributed by atoms with Crippen molar-refractivity contribution >= 4 is 23.2 Å². The number of rotatable bonds is 3. The smallest absolute Gasteiger partial charge is 0.152 e. The Balaban J connectivity index is 1.97. The molecule has 1 N–H and O–H groups in total. The van der Waals surface area contributed by atoms with Gasteiger partial charge in [-0.25, -0.2) is 4.98 Å². The number of pyridine rings is 1. The highest BCUT2D eigenvalue weighted by atomic mass is 32.2. The number of aromatic nitrogens is 2. The molecule has 0 bridgehead atoms. The van der Waals surface area contributed by atoms with Crippen molar-refractivity contribution in [3.63, 3.8) is 0 Å². The van der Waals surface area contributed by atoms with Crippen LogP contribution in [0.1, 0.15) is 26.5 Å². The maximum atomic E-state index is 4.88. The lowest BCUT2D eigenvalue weighted by Gasteiger charge is -2.28. The van der Waals surface area contributed by atoms with Crippen molar-refractivity contribution in [2.75, 3.05) is 29.5 Å². The lowest BCUT2D eigenvalue weighted by atomic mass is 10.1. The highest BCUT2D eigenvalue weighted by molar-refractivity contribution is 7.99. The van der Waals surface area contributed by atoms with Gasteiger partial charge in [0.05, 0.1) is 5.69 Å². The van der Waals surface area contributed by atoms with Crippen LogP contribution in [-0.2, 0) is 6.54 Å². The van der Waals surface area contributed by atoms with E-state index in [-0.39, 0.29) is 5.54 Å². The Morgan fingerprint density at radius 2 is 2.00 bits per heavy atom. The third kappa shape index (κ3) is 3.35. The van der Waals surface area contributed by atoms with Crippen LogP contribution in [0, 0.1) is 0 Å². The van der Waals surface area contributed by atoms with Crippen LogP contribution in [0.5, 0.6) is 0 Å². The molecule has 1 aliphatic heterocycles. The second-order valence-corrected chi connectivity index (χ2v) is 7.74. The van der Waals surface area contributed by atoms with Crippen molar-refractivity contribution in [2.24, 2.45) is 0 Å². The number of nitrogens with one attached hydrogen (secondary N) is 1. The summed E-state index contributed by atoms with van der Waals surface area (Å²) in [6.07, 6.45) is 2.12. The summed E-state index contributed by atoms with van der Waals surface area (Å²) in [5, 5.41) is 3.60. The molecule has 0 radical (unpaired) electrons. The second-order valence-electron chi connectivity index (χ2n) is 6.51. The molecule has 3 rings (SSSR count). The minimum Gasteiger partial charge on any atom is -0.353 e. The van der Waals surface area contributed by atoms with Crippen molar-refractivity contribution in [1.29, 1.82) is 0 Å². The van der Waals surface area contributed by atoms with E-state index in [2.05, 4.69) is 59.8 Å². The number of hydrogen-bond donors (Lipinski definition) is 1. The van der Waals surface area contributed by atoms with Gasteiger partial charge in [-0.05, 0) is 32.9 Å². The van der Waals surface area contributed by atoms with Gasteiger partial charge in [-0.1, -0.05) is 6.07 Å². The molecule has 0 unspecified atom stereocenters. The van der Waals surface area contributed by atoms with Gasteiger partial charge in [0.15, 0.2) is 5.82 Å². The fourth-order valence-corrected chi connectivity index (χ4v) is 3.48. The molecule has 0 amide bonds. The molecule has 1 aliphatic rings. The zero-order valence-corrected chi connectivity index (χ0v) is 13.9. The van der Waals surface area contributed by atoms with Crippen molar-refractivity contribution in [1.82, 2.24) is 14.7 Å². The van der Waals surface area contributed by atoms with Crippen LogP contribution >= 0.6 is 11.8 Å². The van der Waals surface area contributed by atoms with Crippen LogP contribution < -0.4 is 10.2 Å². The predicted octanol–water partition coefficient (Wildman–Crippen LogP) is 2.78. The minimum absolute atomic E-state index is 0.105. The first-order chi connectivity index (χ1) is 10.0. The van der Waals surface area contributed by atoms with Gasteiger partial charge in [-0.15, -0.1) is 0 Å². The summed E-state index contributed by atoms with van der Waals surface area (Å²) in [6.45, 7) is 9.64. The van der Waals surface area contributed by atoms with Gasteiger partial charge >= 0.3 is 0 Å². The third-order valence-corrected chi connectivity index (χ3v) is 4.65. The highest BCUT2D eigenvalue weighted by Gasteiger charge is 2.21. The highest BCUT2D eigenvalue weighted by Crippen LogP contribution is 2.25. The molecule has 2 aromatic heterocycles. The molecule has 4 nitrogen and oxygen atoms in total. The molecule has 0 aliphatic carbocycles. The van der Waals surface area contributed by atoms with E-state index in [4.69, 9.17) is 4.98 Å². The molecule has 2 aromatic rings. The quantitative estimate of drug-likeness (QED) is 0.945. The zero-order chi connectivity index (χ0) is 14.9. The van der Waals surface area contributed by atoms with E-state index in [1.54, 1.807) is 0 Å². The molecule has 0 saturated carbocycles. The number of thioether (sulfide) groups is 1. The second kappa shape index (κ2) is 5.89. The van der Waals surface area contributed by atoms with Crippen LogP contribution in [0.2, 0.25) is 0 Å². The molecular weight excluding hydrogens is 280 g/mol. The lowest BCUT2D eigenvalue weighted by Crippen LogP contribution is -2.37. The Kier molecular flexibility index (Phi) is 4.13. The van der Waals surface area contributed by atoms with E-state index >= 15 is 0 Å². The SMILES string of the molecule is CC(C)(C)NCc1c(N2CCSCC2)nc2ccccn12. The first-order valence-electron chi connectivity index (χ1n) is 7.58. The molecular formula is C16H24N4S. The average molecular weight is 304 g/mol. The fourth-order valence-electron chi connectivity index (χ4n) is 2.58. The summed E-state index contributed by atoms with van der Waals surface area (Å²) in [4.78, 5) is 7.31. The van der Waals surface area contributed by atoms with E-state index in [1.807, 2.05) is 11.8 Å². The van der Waals surface area contributed by atoms with Gasteiger partial charge in [0.25, 0.3) is 0 Å². The maximum absolute atomic E-state index is 4.88. The lowest BCUT2D eigenvalue weighted by molar-refractivity contribution is 0.420. The van der Waals surface area contributed by atoms with Gasteiger partial charge in [-0.2, -0.15) is 11.8 Å². The van der Waals surface area contributed by atoms with E-state index in [9.17, 15) is 0 Å². The topological polar surface area (TPSA) is 32.6 Å². The maximum Gasteiger partial charge on any atom is 0.152 e. The Morgan fingerprint density at radius 3 is 2.71 bits per heavy atom. The number of nitrogens with zero attached hydrogens (tertiary/aromatic N) is 3. The predicted molar refractivity (Wildman–Crippen MR) is 91.3 cm³/mol. The Morgan fingerprint density at radius 1 is 1.24 bits per heavy atom. The van der Waals surface area contributed by atoms with Gasteiger partial charge in [-0.3, -0.25) is 0 Å². The molecule has 0 atom stereocenters. The monoisotopic (exact) mass is 304 g/mol. The molecule has 0 aromatic carbocycles. The summed E-state index contributed by atoms with van der Waals surface area (Å²) in [5.41, 5.74) is 2.41. The first kappa shape index (κ1) is 14.7. The van der Waals surface area contributed by atoms with E-state index in [1.165, 1.54) is 17.2 Å². The van der Waals surface area contributed by atoms with E-state index in [0.29, 0.717) is 0 Å². The summed E-state index contributed by atoms with van der Waals surface area (Å²) in [7, 11) is 0. The molecule has 0 spiro atoms. The Bertz CT molecular complexity index is 608. The van der Waals surface area contributed by atoms with Gasteiger partial charge < -0.3 is 14.6 Å². The van der Waals surface area contributed by atoms with Crippen LogP contribution in [0.4, 0.5) is 5.82 Å². The largest absolute Gasteiger partial charge is 0.353 e. The van der Waals surface area contributed by atoms with Crippen molar-refractivity contribution in [3.8, 4) is 0 Å². The van der Waals surface area contributed by atoms with Crippen molar-refractivity contribution in [2.45, 2.75) is 32.9 Å². The normalized spacial score (nSPS) is 16.6. The van der Waals surface area contributed by atoms with Crippen LogP contribution in [0.3, 0.4) is 0 Å². The molecule has 114 valence electrons. The van der Waals surface area contributed by atoms with Gasteiger partial charge in [0.2, 0.25) is 0 Å². The Hall–Kier alpha value is -1.20. The van der Waals surface area contributed by atoms with E-state index in [0.717, 1.165) is 31.1 Å². The summed E-state index contributed by atoms with van der Waals surface area (Å²) in [5.74, 6) is 3.54. The van der Waals surface area contributed by atoms with Crippen LogP contribution in [0.15, 0.2) is 24.4 Å². The summed E-state index contributed by atoms with van der Waals surface area (Å²) in [6, 6.07) is 6.22. The number of anilines is 1. The summed E-state index contributed by atoms with van der Waals surface area (Å²) < 4.78 is 2.22. The molecule has 3 heterocycles. The van der Waals surface area contributed by atoms with Gasteiger partial charge in [0.1, 0.15) is 5.65 Å². The third-order valence-electron chi connectivity index (χ3n) is 3.70. The minimum atomic E-state index is 0.105. The fraction of sp³-hybridized carbons (Fsp3) is 0.562. The number of imidazole rings is 1. The first-order valence-corrected chi connectivity index (χ1v) is 8.74. The molecule has 5 heteroatoms. The van der Waals surface area contributed by atoms with Gasteiger partial charge in [0, 0.05) is 42.9 Å². The van der Waals surface area contributed by atoms with E-state index < -0.39 is 0 Å². The van der Waals surface area contributed by atoms with Crippen LogP contribution in [-0.4, -0.2) is 39.5 Å². The zero-order valence-electron chi connectivity index (χ0n) is 13.1. The molecule has 21 heavy (non-hydrogen) atoms. The average Bonchev–Trinajstić information content (AvgIpc) is 2.84. The van der Waals surface area contributed by atoms with Crippen molar-refractivity contribution in [3.05, 3.63) is 30.1 Å². The van der Waals surface area contributed by atoms with Crippen LogP contribution in [0.25, 0.3) is 5.65 Å².